The van der Waals surface area contributed by atoms with E-state index in [0.717, 1.165) is 55.4 Å². The summed E-state index contributed by atoms with van der Waals surface area (Å²) in [4.78, 5) is 17.8. The van der Waals surface area contributed by atoms with Crippen LogP contribution < -0.4 is 14.2 Å². The number of pyridine rings is 1. The van der Waals surface area contributed by atoms with Crippen LogP contribution in [-0.2, 0) is 11.3 Å². The Balaban J connectivity index is 1.16. The lowest BCUT2D eigenvalue weighted by Crippen LogP contribution is -2.39. The largest absolute Gasteiger partial charge is 0.497 e. The van der Waals surface area contributed by atoms with Crippen LogP contribution in [0.15, 0.2) is 36.5 Å². The molecule has 9 heteroatoms. The van der Waals surface area contributed by atoms with Crippen molar-refractivity contribution in [2.45, 2.75) is 88.4 Å². The van der Waals surface area contributed by atoms with Gasteiger partial charge < -0.3 is 19.3 Å². The first-order valence-corrected chi connectivity index (χ1v) is 14.1. The van der Waals surface area contributed by atoms with Crippen LogP contribution in [0.4, 0.5) is 8.78 Å². The smallest absolute Gasteiger partial charge is 0.303 e. The lowest BCUT2D eigenvalue weighted by molar-refractivity contribution is -0.137. The highest BCUT2D eigenvalue weighted by Crippen LogP contribution is 2.45. The van der Waals surface area contributed by atoms with Crippen LogP contribution >= 0.6 is 0 Å². The van der Waals surface area contributed by atoms with Gasteiger partial charge in [-0.3, -0.25) is 9.69 Å². The molecule has 0 amide bonds. The van der Waals surface area contributed by atoms with E-state index >= 15 is 0 Å². The van der Waals surface area contributed by atoms with Gasteiger partial charge in [0.05, 0.1) is 19.6 Å². The molecule has 2 saturated carbocycles. The maximum Gasteiger partial charge on any atom is 0.303 e. The van der Waals surface area contributed by atoms with E-state index in [1.54, 1.807) is 13.3 Å². The number of hydrogen-bond acceptors (Lipinski definition) is 6. The standard InChI is InChI=1S/C30H38F2N2O5/c1-37-25-5-4-22(19-34-14-11-30(31,32)12-15-34)27(17-25)38-23-6-8-24(9-7-23)39-28-16-21(10-13-33-28)26(18-29(35)36)20-2-3-20/h4-5,10,13,16-17,20,23-24,26H,2-3,6-9,11-12,14-15,18-19H2,1H3,(H,35,36). The molecule has 3 fully saturated rings. The Bertz CT molecular complexity index is 1120. The van der Waals surface area contributed by atoms with E-state index in [2.05, 4.69) is 9.88 Å². The van der Waals surface area contributed by atoms with Gasteiger partial charge in [0.2, 0.25) is 5.88 Å². The lowest BCUT2D eigenvalue weighted by atomic mass is 9.91. The van der Waals surface area contributed by atoms with Gasteiger partial charge in [-0.05, 0) is 68.1 Å². The fourth-order valence-corrected chi connectivity index (χ4v) is 5.76. The van der Waals surface area contributed by atoms with Crippen molar-refractivity contribution in [3.05, 3.63) is 47.7 Å². The molecule has 0 radical (unpaired) electrons. The summed E-state index contributed by atoms with van der Waals surface area (Å²) in [5.41, 5.74) is 1.97. The molecule has 2 aliphatic carbocycles. The van der Waals surface area contributed by atoms with Crippen molar-refractivity contribution in [1.82, 2.24) is 9.88 Å². The van der Waals surface area contributed by atoms with Gasteiger partial charge in [0.25, 0.3) is 5.92 Å². The SMILES string of the molecule is COc1ccc(CN2CCC(F)(F)CC2)c(OC2CCC(Oc3cc(C(CC(=O)O)C4CC4)ccn3)CC2)c1. The van der Waals surface area contributed by atoms with Crippen molar-refractivity contribution in [3.63, 3.8) is 0 Å². The number of carbonyl (C=O) groups is 1. The van der Waals surface area contributed by atoms with Crippen LogP contribution in [0.3, 0.4) is 0 Å². The maximum absolute atomic E-state index is 13.6. The molecule has 1 atom stereocenters. The minimum absolute atomic E-state index is 0.00970. The number of rotatable bonds is 11. The summed E-state index contributed by atoms with van der Waals surface area (Å²) >= 11 is 0. The number of hydrogen-bond donors (Lipinski definition) is 1. The molecular formula is C30H38F2N2O5. The first kappa shape index (κ1) is 27.6. The molecule has 39 heavy (non-hydrogen) atoms. The van der Waals surface area contributed by atoms with Crippen molar-refractivity contribution in [1.29, 1.82) is 0 Å². The Hall–Kier alpha value is -2.94. The van der Waals surface area contributed by atoms with Crippen LogP contribution in [0.2, 0.25) is 0 Å². The second-order valence-corrected chi connectivity index (χ2v) is 11.2. The zero-order valence-electron chi connectivity index (χ0n) is 22.5. The quantitative estimate of drug-likeness (QED) is 0.368. The van der Waals surface area contributed by atoms with Gasteiger partial charge in [0.15, 0.2) is 0 Å². The molecule has 1 aromatic carbocycles. The molecule has 1 aromatic heterocycles. The van der Waals surface area contributed by atoms with Crippen molar-refractivity contribution in [2.75, 3.05) is 20.2 Å². The van der Waals surface area contributed by atoms with Crippen LogP contribution in [0, 0.1) is 5.92 Å². The van der Waals surface area contributed by atoms with E-state index < -0.39 is 11.9 Å². The first-order chi connectivity index (χ1) is 18.8. The second kappa shape index (κ2) is 12.1. The van der Waals surface area contributed by atoms with Crippen molar-refractivity contribution in [3.8, 4) is 17.4 Å². The van der Waals surface area contributed by atoms with Gasteiger partial charge in [-0.25, -0.2) is 13.8 Å². The fraction of sp³-hybridized carbons (Fsp3) is 0.600. The molecule has 5 rings (SSSR count). The fourth-order valence-electron chi connectivity index (χ4n) is 5.76. The van der Waals surface area contributed by atoms with E-state index in [4.69, 9.17) is 14.2 Å². The van der Waals surface area contributed by atoms with E-state index in [1.165, 1.54) is 0 Å². The molecule has 0 bridgehead atoms. The van der Waals surface area contributed by atoms with Crippen LogP contribution in [0.1, 0.15) is 74.8 Å². The van der Waals surface area contributed by atoms with Gasteiger partial charge in [-0.1, -0.05) is 6.07 Å². The monoisotopic (exact) mass is 544 g/mol. The zero-order valence-corrected chi connectivity index (χ0v) is 22.5. The highest BCUT2D eigenvalue weighted by atomic mass is 19.3. The van der Waals surface area contributed by atoms with Crippen LogP contribution in [0.5, 0.6) is 17.4 Å². The molecule has 1 saturated heterocycles. The normalized spacial score (nSPS) is 24.1. The number of likely N-dealkylation sites (tertiary alicyclic amines) is 1. The number of piperidine rings is 1. The minimum atomic E-state index is -2.56. The Kier molecular flexibility index (Phi) is 8.54. The van der Waals surface area contributed by atoms with Crippen LogP contribution in [0.25, 0.3) is 0 Å². The molecule has 3 aliphatic rings. The second-order valence-electron chi connectivity index (χ2n) is 11.2. The van der Waals surface area contributed by atoms with Crippen molar-refractivity contribution < 1.29 is 32.9 Å². The summed E-state index contributed by atoms with van der Waals surface area (Å²) in [6.45, 7) is 1.31. The average Bonchev–Trinajstić information content (AvgIpc) is 3.76. The molecule has 1 N–H and O–H groups in total. The number of aromatic nitrogens is 1. The molecule has 1 aliphatic heterocycles. The molecule has 0 spiro atoms. The Morgan fingerprint density at radius 1 is 1.05 bits per heavy atom. The number of alkyl halides is 2. The molecule has 2 aromatic rings. The molecule has 1 unspecified atom stereocenters. The number of carboxylic acids is 1. The van der Waals surface area contributed by atoms with E-state index in [-0.39, 0.29) is 37.4 Å². The summed E-state index contributed by atoms with van der Waals surface area (Å²) in [5, 5.41) is 9.33. The minimum Gasteiger partial charge on any atom is -0.497 e. The van der Waals surface area contributed by atoms with Gasteiger partial charge >= 0.3 is 5.97 Å². The zero-order chi connectivity index (χ0) is 27.4. The molecule has 7 nitrogen and oxygen atoms in total. The highest BCUT2D eigenvalue weighted by Gasteiger charge is 2.35. The van der Waals surface area contributed by atoms with Gasteiger partial charge in [0.1, 0.15) is 17.6 Å². The average molecular weight is 545 g/mol. The number of carboxylic acid groups (broad SMARTS) is 1. The van der Waals surface area contributed by atoms with E-state index in [0.29, 0.717) is 37.2 Å². The third-order valence-electron chi connectivity index (χ3n) is 8.23. The number of benzene rings is 1. The number of methoxy groups -OCH3 is 1. The molecule has 2 heterocycles. The Labute approximate surface area is 228 Å². The van der Waals surface area contributed by atoms with Gasteiger partial charge in [-0.15, -0.1) is 0 Å². The number of aliphatic carboxylic acids is 1. The Morgan fingerprint density at radius 2 is 1.74 bits per heavy atom. The third kappa shape index (κ3) is 7.59. The summed E-state index contributed by atoms with van der Waals surface area (Å²) in [7, 11) is 1.62. The van der Waals surface area contributed by atoms with E-state index in [9.17, 15) is 18.7 Å². The Morgan fingerprint density at radius 3 is 2.38 bits per heavy atom. The highest BCUT2D eigenvalue weighted by molar-refractivity contribution is 5.68. The number of halogens is 2. The van der Waals surface area contributed by atoms with Crippen molar-refractivity contribution >= 4 is 5.97 Å². The van der Waals surface area contributed by atoms with Crippen molar-refractivity contribution in [2.24, 2.45) is 5.92 Å². The number of nitrogens with zero attached hydrogens (tertiary/aromatic N) is 2. The summed E-state index contributed by atoms with van der Waals surface area (Å²) < 4.78 is 45.3. The predicted octanol–water partition coefficient (Wildman–Crippen LogP) is 6.06. The molecule has 212 valence electrons. The maximum atomic E-state index is 13.6. The predicted molar refractivity (Wildman–Crippen MR) is 142 cm³/mol. The topological polar surface area (TPSA) is 81.1 Å². The van der Waals surface area contributed by atoms with Gasteiger partial charge in [0, 0.05) is 56.4 Å². The van der Waals surface area contributed by atoms with E-state index in [1.807, 2.05) is 30.3 Å². The summed E-state index contributed by atoms with van der Waals surface area (Å²) in [6.07, 6.45) is 7.09. The van der Waals surface area contributed by atoms with Crippen LogP contribution in [-0.4, -0.2) is 59.3 Å². The first-order valence-electron chi connectivity index (χ1n) is 14.1. The summed E-state index contributed by atoms with van der Waals surface area (Å²) in [6, 6.07) is 9.56. The molecular weight excluding hydrogens is 506 g/mol. The summed E-state index contributed by atoms with van der Waals surface area (Å²) in [5.74, 6) is -0.901. The number of ether oxygens (including phenoxy) is 3. The third-order valence-corrected chi connectivity index (χ3v) is 8.23. The van der Waals surface area contributed by atoms with Gasteiger partial charge in [-0.2, -0.15) is 0 Å². The lowest BCUT2D eigenvalue weighted by Gasteiger charge is -2.33.